The summed E-state index contributed by atoms with van der Waals surface area (Å²) in [6.45, 7) is 5.50. The average Bonchev–Trinajstić information content (AvgIpc) is 2.85. The van der Waals surface area contributed by atoms with Gasteiger partial charge in [0.15, 0.2) is 0 Å². The van der Waals surface area contributed by atoms with Crippen LogP contribution in [0, 0.1) is 5.82 Å². The number of aromatic nitrogens is 3. The Balaban J connectivity index is 1.45. The van der Waals surface area contributed by atoms with Crippen LogP contribution in [0.2, 0.25) is 0 Å². The highest BCUT2D eigenvalue weighted by Gasteiger charge is 2.29. The first-order valence-corrected chi connectivity index (χ1v) is 11.6. The SMILES string of the molecule is CC(=O)N1CCc2c(nc([C@@H]3CCCN(Cc4ccc(F)cc4)C3)nc2-c2ccncc2)C1. The van der Waals surface area contributed by atoms with Crippen molar-refractivity contribution in [3.63, 3.8) is 0 Å². The summed E-state index contributed by atoms with van der Waals surface area (Å²) in [5.74, 6) is 0.947. The minimum absolute atomic E-state index is 0.0782. The number of hydrogen-bond acceptors (Lipinski definition) is 5. The molecule has 1 fully saturated rings. The lowest BCUT2D eigenvalue weighted by molar-refractivity contribution is -0.129. The highest BCUT2D eigenvalue weighted by molar-refractivity contribution is 5.74. The van der Waals surface area contributed by atoms with Crippen molar-refractivity contribution in [1.29, 1.82) is 0 Å². The van der Waals surface area contributed by atoms with Crippen molar-refractivity contribution < 1.29 is 9.18 Å². The molecule has 0 spiro atoms. The molecule has 1 atom stereocenters. The lowest BCUT2D eigenvalue weighted by atomic mass is 9.94. The second-order valence-corrected chi connectivity index (χ2v) is 8.98. The fourth-order valence-corrected chi connectivity index (χ4v) is 4.91. The fraction of sp³-hybridized carbons (Fsp3) is 0.385. The van der Waals surface area contributed by atoms with Gasteiger partial charge in [-0.1, -0.05) is 12.1 Å². The molecular formula is C26H28FN5O. The van der Waals surface area contributed by atoms with Crippen molar-refractivity contribution in [2.24, 2.45) is 0 Å². The minimum Gasteiger partial charge on any atom is -0.337 e. The predicted molar refractivity (Wildman–Crippen MR) is 124 cm³/mol. The van der Waals surface area contributed by atoms with Gasteiger partial charge in [0.05, 0.1) is 17.9 Å². The highest BCUT2D eigenvalue weighted by Crippen LogP contribution is 2.32. The Kier molecular flexibility index (Phi) is 6.13. The molecule has 1 amide bonds. The normalized spacial score (nSPS) is 18.7. The van der Waals surface area contributed by atoms with Crippen LogP contribution in [0.1, 0.15) is 48.3 Å². The van der Waals surface area contributed by atoms with Gasteiger partial charge in [-0.2, -0.15) is 0 Å². The quantitative estimate of drug-likeness (QED) is 0.608. The molecule has 2 aliphatic rings. The molecule has 2 aromatic heterocycles. The Morgan fingerprint density at radius 1 is 1.09 bits per heavy atom. The summed E-state index contributed by atoms with van der Waals surface area (Å²) >= 11 is 0. The summed E-state index contributed by atoms with van der Waals surface area (Å²) in [7, 11) is 0. The minimum atomic E-state index is -0.207. The van der Waals surface area contributed by atoms with Crippen LogP contribution < -0.4 is 0 Å². The van der Waals surface area contributed by atoms with Crippen molar-refractivity contribution in [3.8, 4) is 11.3 Å². The molecule has 0 radical (unpaired) electrons. The van der Waals surface area contributed by atoms with E-state index in [0.717, 1.165) is 72.8 Å². The predicted octanol–water partition coefficient (Wildman–Crippen LogP) is 3.96. The lowest BCUT2D eigenvalue weighted by Gasteiger charge is -2.33. The molecule has 0 bridgehead atoms. The topological polar surface area (TPSA) is 62.2 Å². The monoisotopic (exact) mass is 445 g/mol. The third-order valence-electron chi connectivity index (χ3n) is 6.67. The number of halogens is 1. The van der Waals surface area contributed by atoms with Crippen LogP contribution >= 0.6 is 0 Å². The first kappa shape index (κ1) is 21.6. The van der Waals surface area contributed by atoms with Crippen LogP contribution in [-0.4, -0.2) is 50.3 Å². The molecule has 6 nitrogen and oxygen atoms in total. The van der Waals surface area contributed by atoms with Gasteiger partial charge in [0, 0.05) is 56.0 Å². The first-order chi connectivity index (χ1) is 16.1. The van der Waals surface area contributed by atoms with Gasteiger partial charge in [-0.3, -0.25) is 14.7 Å². The molecule has 1 saturated heterocycles. The second-order valence-electron chi connectivity index (χ2n) is 8.98. The molecule has 0 unspecified atom stereocenters. The molecule has 0 aliphatic carbocycles. The second kappa shape index (κ2) is 9.35. The Hall–Kier alpha value is -3.19. The summed E-state index contributed by atoms with van der Waals surface area (Å²) < 4.78 is 13.3. The third kappa shape index (κ3) is 4.78. The van der Waals surface area contributed by atoms with Gasteiger partial charge in [-0.15, -0.1) is 0 Å². The largest absolute Gasteiger partial charge is 0.337 e. The van der Waals surface area contributed by atoms with E-state index in [1.165, 1.54) is 12.1 Å². The third-order valence-corrected chi connectivity index (χ3v) is 6.67. The number of hydrogen-bond donors (Lipinski definition) is 0. The molecule has 1 aromatic carbocycles. The van der Waals surface area contributed by atoms with Crippen LogP contribution in [-0.2, 0) is 24.3 Å². The van der Waals surface area contributed by atoms with Crippen molar-refractivity contribution >= 4 is 5.91 Å². The van der Waals surface area contributed by atoms with Crippen LogP contribution in [0.25, 0.3) is 11.3 Å². The highest BCUT2D eigenvalue weighted by atomic mass is 19.1. The Labute approximate surface area is 193 Å². The number of carbonyl (C=O) groups excluding carboxylic acids is 1. The summed E-state index contributed by atoms with van der Waals surface area (Å²) in [4.78, 5) is 30.5. The van der Waals surface area contributed by atoms with Gasteiger partial charge in [-0.25, -0.2) is 14.4 Å². The van der Waals surface area contributed by atoms with Gasteiger partial charge in [-0.05, 0) is 55.6 Å². The Morgan fingerprint density at radius 2 is 1.88 bits per heavy atom. The maximum Gasteiger partial charge on any atom is 0.219 e. The summed E-state index contributed by atoms with van der Waals surface area (Å²) in [5, 5.41) is 0. The smallest absolute Gasteiger partial charge is 0.219 e. The molecular weight excluding hydrogens is 417 g/mol. The zero-order valence-electron chi connectivity index (χ0n) is 18.9. The number of piperidine rings is 1. The molecule has 170 valence electrons. The van der Waals surface area contributed by atoms with E-state index in [2.05, 4.69) is 9.88 Å². The maximum atomic E-state index is 13.3. The van der Waals surface area contributed by atoms with Gasteiger partial charge < -0.3 is 4.90 Å². The van der Waals surface area contributed by atoms with E-state index in [4.69, 9.17) is 9.97 Å². The summed E-state index contributed by atoms with van der Waals surface area (Å²) in [6, 6.07) is 10.7. The van der Waals surface area contributed by atoms with Crippen molar-refractivity contribution in [2.75, 3.05) is 19.6 Å². The van der Waals surface area contributed by atoms with Crippen LogP contribution in [0.4, 0.5) is 4.39 Å². The van der Waals surface area contributed by atoms with Crippen LogP contribution in [0.5, 0.6) is 0 Å². The maximum absolute atomic E-state index is 13.3. The molecule has 33 heavy (non-hydrogen) atoms. The lowest BCUT2D eigenvalue weighted by Crippen LogP contribution is -2.37. The van der Waals surface area contributed by atoms with E-state index in [0.29, 0.717) is 13.1 Å². The van der Waals surface area contributed by atoms with Gasteiger partial charge in [0.2, 0.25) is 5.91 Å². The van der Waals surface area contributed by atoms with E-state index >= 15 is 0 Å². The van der Waals surface area contributed by atoms with E-state index in [-0.39, 0.29) is 17.6 Å². The number of benzene rings is 1. The zero-order chi connectivity index (χ0) is 22.8. The van der Waals surface area contributed by atoms with Gasteiger partial charge in [0.25, 0.3) is 0 Å². The number of amides is 1. The molecule has 4 heterocycles. The Morgan fingerprint density at radius 3 is 2.64 bits per heavy atom. The number of fused-ring (bicyclic) bond motifs is 1. The first-order valence-electron chi connectivity index (χ1n) is 11.6. The van der Waals surface area contributed by atoms with Gasteiger partial charge in [0.1, 0.15) is 11.6 Å². The number of rotatable bonds is 4. The van der Waals surface area contributed by atoms with Crippen LogP contribution in [0.3, 0.4) is 0 Å². The summed E-state index contributed by atoms with van der Waals surface area (Å²) in [6.07, 6.45) is 6.44. The fourth-order valence-electron chi connectivity index (χ4n) is 4.91. The van der Waals surface area contributed by atoms with E-state index in [9.17, 15) is 9.18 Å². The number of likely N-dealkylation sites (tertiary alicyclic amines) is 1. The molecule has 5 rings (SSSR count). The number of carbonyl (C=O) groups is 1. The van der Waals surface area contributed by atoms with E-state index in [1.807, 2.05) is 29.2 Å². The number of nitrogens with zero attached hydrogens (tertiary/aromatic N) is 5. The van der Waals surface area contributed by atoms with Crippen molar-refractivity contribution in [2.45, 2.75) is 45.2 Å². The molecule has 3 aromatic rings. The van der Waals surface area contributed by atoms with Crippen LogP contribution in [0.15, 0.2) is 48.8 Å². The summed E-state index contributed by atoms with van der Waals surface area (Å²) in [5.41, 5.74) is 5.22. The standard InChI is InChI=1S/C26H28FN5O/c1-18(33)32-14-10-23-24(17-32)29-26(30-25(23)20-8-11-28-12-9-20)21-3-2-13-31(16-21)15-19-4-6-22(27)7-5-19/h4-9,11-12,21H,2-3,10,13-17H2,1H3/t21-/m1/s1. The van der Waals surface area contributed by atoms with Gasteiger partial charge >= 0.3 is 0 Å². The number of pyridine rings is 1. The average molecular weight is 446 g/mol. The molecule has 0 N–H and O–H groups in total. The van der Waals surface area contributed by atoms with E-state index in [1.54, 1.807) is 19.3 Å². The zero-order valence-corrected chi connectivity index (χ0v) is 18.9. The molecule has 2 aliphatic heterocycles. The molecule has 0 saturated carbocycles. The Bertz CT molecular complexity index is 1140. The molecule has 7 heteroatoms. The van der Waals surface area contributed by atoms with Crippen molar-refractivity contribution in [1.82, 2.24) is 24.8 Å². The van der Waals surface area contributed by atoms with Crippen molar-refractivity contribution in [3.05, 3.63) is 77.3 Å². The van der Waals surface area contributed by atoms with E-state index < -0.39 is 0 Å².